The molecule has 0 aliphatic rings. The smallest absolute Gasteiger partial charge is 0.222 e. The highest BCUT2D eigenvalue weighted by molar-refractivity contribution is 8.13. The first-order valence-electron chi connectivity index (χ1n) is 3.47. The highest BCUT2D eigenvalue weighted by atomic mass is 35.7. The fourth-order valence-corrected chi connectivity index (χ4v) is 1.47. The van der Waals surface area contributed by atoms with Gasteiger partial charge in [-0.25, -0.2) is 18.6 Å². The van der Waals surface area contributed by atoms with Crippen LogP contribution in [0.25, 0.3) is 0 Å². The molecule has 14 heavy (non-hydrogen) atoms. The lowest BCUT2D eigenvalue weighted by molar-refractivity contribution is 0.562. The summed E-state index contributed by atoms with van der Waals surface area (Å²) in [6, 6.07) is 6.37. The first kappa shape index (κ1) is 12.8. The zero-order chi connectivity index (χ0) is 11.2. The van der Waals surface area contributed by atoms with E-state index < -0.39 is 9.05 Å². The van der Waals surface area contributed by atoms with E-state index in [4.69, 9.17) is 20.9 Å². The van der Waals surface area contributed by atoms with Crippen molar-refractivity contribution in [2.24, 2.45) is 0 Å². The first-order valence-corrected chi connectivity index (χ1v) is 5.78. The fourth-order valence-electron chi connectivity index (χ4n) is 0.701. The molecule has 0 spiro atoms. The summed E-state index contributed by atoms with van der Waals surface area (Å²) < 4.78 is 21.4. The van der Waals surface area contributed by atoms with Crippen LogP contribution in [0.3, 0.4) is 0 Å². The van der Waals surface area contributed by atoms with Gasteiger partial charge in [-0.05, 0) is 19.1 Å². The molecule has 4 nitrogen and oxygen atoms in total. The van der Waals surface area contributed by atoms with E-state index in [1.54, 1.807) is 12.1 Å². The molecule has 0 aromatic heterocycles. The minimum Gasteiger partial charge on any atom is -0.222 e. The highest BCUT2D eigenvalue weighted by Gasteiger charge is 2.07. The van der Waals surface area contributed by atoms with Crippen molar-refractivity contribution in [3.8, 4) is 0 Å². The van der Waals surface area contributed by atoms with Crippen LogP contribution < -0.4 is 0 Å². The number of nitrogens with one attached hydrogen (secondary N) is 1. The largest absolute Gasteiger partial charge is 0.261 e. The maximum atomic E-state index is 10.7. The summed E-state index contributed by atoms with van der Waals surface area (Å²) in [5, 5.41) is 5.40. The average molecular weight is 234 g/mol. The van der Waals surface area contributed by atoms with Gasteiger partial charge in [0.2, 0.25) is 6.08 Å². The fraction of sp³-hybridized carbons (Fsp3) is 0.125. The van der Waals surface area contributed by atoms with Crippen molar-refractivity contribution < 1.29 is 13.2 Å². The quantitative estimate of drug-likeness (QED) is 0.457. The van der Waals surface area contributed by atoms with Gasteiger partial charge in [-0.2, -0.15) is 0 Å². The minimum atomic E-state index is -3.55. The summed E-state index contributed by atoms with van der Waals surface area (Å²) in [5.41, 5.74) is 1.01. The minimum absolute atomic E-state index is 0.143. The number of carbonyl (C=O) groups excluding carboxylic acids is 1. The average Bonchev–Trinajstić information content (AvgIpc) is 2.04. The molecule has 76 valence electrons. The van der Waals surface area contributed by atoms with E-state index in [-0.39, 0.29) is 4.90 Å². The summed E-state index contributed by atoms with van der Waals surface area (Å²) >= 11 is 0. The van der Waals surface area contributed by atoms with Crippen molar-refractivity contribution >= 4 is 25.8 Å². The molecular weight excluding hydrogens is 226 g/mol. The van der Waals surface area contributed by atoms with Crippen LogP contribution in [-0.2, 0) is 13.8 Å². The third-order valence-corrected chi connectivity index (χ3v) is 2.67. The van der Waals surface area contributed by atoms with Crippen molar-refractivity contribution in [2.45, 2.75) is 11.8 Å². The second-order valence-corrected chi connectivity index (χ2v) is 4.92. The maximum absolute atomic E-state index is 10.7. The second-order valence-electron chi connectivity index (χ2n) is 2.35. The van der Waals surface area contributed by atoms with E-state index in [9.17, 15) is 8.42 Å². The van der Waals surface area contributed by atoms with E-state index >= 15 is 0 Å². The van der Waals surface area contributed by atoms with Gasteiger partial charge in [0.15, 0.2) is 0 Å². The highest BCUT2D eigenvalue weighted by Crippen LogP contribution is 2.14. The van der Waals surface area contributed by atoms with Crippen molar-refractivity contribution in [1.29, 1.82) is 5.41 Å². The molecule has 0 aliphatic carbocycles. The van der Waals surface area contributed by atoms with E-state index in [0.717, 1.165) is 11.6 Å². The Morgan fingerprint density at radius 1 is 1.29 bits per heavy atom. The van der Waals surface area contributed by atoms with Crippen LogP contribution in [0.5, 0.6) is 0 Å². The van der Waals surface area contributed by atoms with Crippen LogP contribution in [0, 0.1) is 12.3 Å². The van der Waals surface area contributed by atoms with Crippen LogP contribution in [-0.4, -0.2) is 14.5 Å². The summed E-state index contributed by atoms with van der Waals surface area (Å²) in [4.78, 5) is 8.49. The van der Waals surface area contributed by atoms with Crippen molar-refractivity contribution in [2.75, 3.05) is 0 Å². The Hall–Kier alpha value is -1.16. The molecule has 0 radical (unpaired) electrons. The SMILES string of the molecule is Cc1ccc(S(=O)(=O)Cl)cc1.N=C=O. The summed E-state index contributed by atoms with van der Waals surface area (Å²) in [5.74, 6) is 0. The zero-order valence-corrected chi connectivity index (χ0v) is 8.89. The molecule has 0 aliphatic heterocycles. The van der Waals surface area contributed by atoms with E-state index in [1.807, 2.05) is 6.92 Å². The molecule has 0 bridgehead atoms. The second kappa shape index (κ2) is 5.54. The molecule has 1 N–H and O–H groups in total. The molecule has 0 saturated carbocycles. The lowest BCUT2D eigenvalue weighted by atomic mass is 10.2. The van der Waals surface area contributed by atoms with Gasteiger partial charge in [0, 0.05) is 10.7 Å². The van der Waals surface area contributed by atoms with Crippen LogP contribution >= 0.6 is 10.7 Å². The standard InChI is InChI=1S/C7H7ClO2S.CHNO/c1-6-2-4-7(5-3-6)11(8,9)10;2-1-3/h2-5H,1H3;2H. The van der Waals surface area contributed by atoms with E-state index in [0.29, 0.717) is 0 Å². The number of aryl methyl sites for hydroxylation is 1. The number of halogens is 1. The van der Waals surface area contributed by atoms with E-state index in [1.165, 1.54) is 12.1 Å². The molecule has 1 aromatic rings. The molecule has 6 heteroatoms. The van der Waals surface area contributed by atoms with Gasteiger partial charge in [-0.15, -0.1) is 0 Å². The molecule has 1 aromatic carbocycles. The summed E-state index contributed by atoms with van der Waals surface area (Å²) in [6.07, 6.45) is 0.750. The number of hydrogen-bond acceptors (Lipinski definition) is 4. The lowest BCUT2D eigenvalue weighted by Gasteiger charge is -1.94. The Labute approximate surface area is 86.4 Å². The maximum Gasteiger partial charge on any atom is 0.261 e. The zero-order valence-electron chi connectivity index (χ0n) is 7.32. The molecule has 1 rings (SSSR count). The Morgan fingerprint density at radius 2 is 1.64 bits per heavy atom. The Bertz CT molecular complexity index is 418. The Morgan fingerprint density at radius 3 is 1.93 bits per heavy atom. The van der Waals surface area contributed by atoms with Crippen molar-refractivity contribution in [3.63, 3.8) is 0 Å². The predicted octanol–water partition coefficient (Wildman–Crippen LogP) is 1.82. The Balaban J connectivity index is 0.000000500. The first-order chi connectivity index (χ1) is 6.41. The predicted molar refractivity (Wildman–Crippen MR) is 52.6 cm³/mol. The molecule has 0 heterocycles. The monoisotopic (exact) mass is 233 g/mol. The van der Waals surface area contributed by atoms with E-state index in [2.05, 4.69) is 0 Å². The topological polar surface area (TPSA) is 75.1 Å². The number of rotatable bonds is 1. The van der Waals surface area contributed by atoms with Crippen molar-refractivity contribution in [1.82, 2.24) is 0 Å². The molecule has 0 saturated heterocycles. The van der Waals surface area contributed by atoms with Crippen LogP contribution in [0.4, 0.5) is 0 Å². The number of isocyanates is 1. The molecule has 0 atom stereocenters. The molecule has 0 unspecified atom stereocenters. The summed E-state index contributed by atoms with van der Waals surface area (Å²) in [6.45, 7) is 1.88. The van der Waals surface area contributed by atoms with Gasteiger partial charge in [-0.3, -0.25) is 0 Å². The molecular formula is C8H8ClNO3S. The normalized spacial score (nSPS) is 9.57. The third-order valence-electron chi connectivity index (χ3n) is 1.30. The van der Waals surface area contributed by atoms with Crippen molar-refractivity contribution in [3.05, 3.63) is 29.8 Å². The number of hydrogen-bond donors (Lipinski definition) is 1. The third kappa shape index (κ3) is 4.77. The van der Waals surface area contributed by atoms with Crippen LogP contribution in [0.15, 0.2) is 29.2 Å². The lowest BCUT2D eigenvalue weighted by Crippen LogP contribution is -1.89. The number of benzene rings is 1. The molecule has 0 fully saturated rings. The van der Waals surface area contributed by atoms with Gasteiger partial charge in [-0.1, -0.05) is 17.7 Å². The van der Waals surface area contributed by atoms with Crippen LogP contribution in [0.1, 0.15) is 5.56 Å². The molecule has 0 amide bonds. The van der Waals surface area contributed by atoms with Gasteiger partial charge >= 0.3 is 0 Å². The van der Waals surface area contributed by atoms with Crippen LogP contribution in [0.2, 0.25) is 0 Å². The Kier molecular flexibility index (Phi) is 5.09. The van der Waals surface area contributed by atoms with Gasteiger partial charge in [0.1, 0.15) is 0 Å². The van der Waals surface area contributed by atoms with Gasteiger partial charge in [0.05, 0.1) is 4.90 Å². The summed E-state index contributed by atoms with van der Waals surface area (Å²) in [7, 11) is 1.54. The van der Waals surface area contributed by atoms with Gasteiger partial charge in [0.25, 0.3) is 9.05 Å². The van der Waals surface area contributed by atoms with Gasteiger partial charge < -0.3 is 0 Å².